The van der Waals surface area contributed by atoms with Crippen molar-refractivity contribution in [2.24, 2.45) is 0 Å². The fourth-order valence-corrected chi connectivity index (χ4v) is 5.61. The summed E-state index contributed by atoms with van der Waals surface area (Å²) in [5.74, 6) is -1.39. The molecule has 1 heterocycles. The summed E-state index contributed by atoms with van der Waals surface area (Å²) < 4.78 is 39.5. The van der Waals surface area contributed by atoms with Gasteiger partial charge in [-0.15, -0.1) is 0 Å². The molecule has 2 aliphatic rings. The molecule has 1 aliphatic carbocycles. The Bertz CT molecular complexity index is 1100. The lowest BCUT2D eigenvalue weighted by molar-refractivity contribution is -0.138. The van der Waals surface area contributed by atoms with Gasteiger partial charge in [0.05, 0.1) is 12.0 Å². The lowest BCUT2D eigenvalue weighted by Gasteiger charge is -2.40. The number of alkyl halides is 3. The molecule has 174 valence electrons. The molecule has 2 aromatic carbocycles. The number of amides is 1. The topological polar surface area (TPSA) is 57.6 Å². The number of likely N-dealkylation sites (tertiary alicyclic amines) is 1. The van der Waals surface area contributed by atoms with E-state index in [0.29, 0.717) is 37.4 Å². The minimum absolute atomic E-state index is 0.00246. The third-order valence-corrected chi connectivity index (χ3v) is 7.12. The second kappa shape index (κ2) is 8.86. The monoisotopic (exact) mass is 477 g/mol. The fourth-order valence-electron chi connectivity index (χ4n) is 5.28. The molecule has 1 saturated heterocycles. The first-order valence-electron chi connectivity index (χ1n) is 10.7. The van der Waals surface area contributed by atoms with Gasteiger partial charge in [0.1, 0.15) is 0 Å². The molecule has 0 bridgehead atoms. The van der Waals surface area contributed by atoms with Gasteiger partial charge in [0, 0.05) is 24.2 Å². The van der Waals surface area contributed by atoms with Crippen LogP contribution in [0.3, 0.4) is 0 Å². The zero-order valence-corrected chi connectivity index (χ0v) is 18.5. The average molecular weight is 478 g/mol. The summed E-state index contributed by atoms with van der Waals surface area (Å²) in [6, 6.07) is 10.8. The summed E-state index contributed by atoms with van der Waals surface area (Å²) in [6.45, 7) is 0.881. The van der Waals surface area contributed by atoms with Crippen molar-refractivity contribution < 1.29 is 27.9 Å². The van der Waals surface area contributed by atoms with Crippen molar-refractivity contribution >= 4 is 29.6 Å². The van der Waals surface area contributed by atoms with Crippen molar-refractivity contribution in [3.63, 3.8) is 0 Å². The molecule has 1 atom stereocenters. The predicted molar refractivity (Wildman–Crippen MR) is 119 cm³/mol. The Labute approximate surface area is 194 Å². The number of piperidine rings is 1. The number of aliphatic carboxylic acids is 1. The van der Waals surface area contributed by atoms with Gasteiger partial charge in [-0.25, -0.2) is 0 Å². The number of carbonyl (C=O) groups excluding carboxylic acids is 1. The lowest BCUT2D eigenvalue weighted by Crippen LogP contribution is -2.43. The van der Waals surface area contributed by atoms with Crippen molar-refractivity contribution in [1.29, 1.82) is 0 Å². The van der Waals surface area contributed by atoms with Crippen LogP contribution in [0.25, 0.3) is 6.08 Å². The Kier molecular flexibility index (Phi) is 6.27. The lowest BCUT2D eigenvalue weighted by atomic mass is 9.73. The third kappa shape index (κ3) is 4.64. The second-order valence-electron chi connectivity index (χ2n) is 8.72. The summed E-state index contributed by atoms with van der Waals surface area (Å²) >= 11 is 6.43. The SMILES string of the molecule is O=C(O)CC1CC2(CCN(C(=O)/C=C/c3ccccc3C(F)(F)F)CC2)c2cccc(Cl)c21. The molecule has 8 heteroatoms. The van der Waals surface area contributed by atoms with Gasteiger partial charge in [0.2, 0.25) is 5.91 Å². The van der Waals surface area contributed by atoms with Gasteiger partial charge in [-0.1, -0.05) is 41.9 Å². The van der Waals surface area contributed by atoms with E-state index in [9.17, 15) is 27.9 Å². The summed E-state index contributed by atoms with van der Waals surface area (Å²) in [6.07, 6.45) is -0.133. The van der Waals surface area contributed by atoms with Crippen molar-refractivity contribution in [2.45, 2.75) is 43.2 Å². The Morgan fingerprint density at radius 2 is 1.82 bits per heavy atom. The van der Waals surface area contributed by atoms with Crippen LogP contribution in [0.4, 0.5) is 13.2 Å². The smallest absolute Gasteiger partial charge is 0.416 e. The maximum Gasteiger partial charge on any atom is 0.416 e. The summed E-state index contributed by atoms with van der Waals surface area (Å²) in [4.78, 5) is 25.7. The first-order valence-corrected chi connectivity index (χ1v) is 11.1. The Morgan fingerprint density at radius 1 is 1.12 bits per heavy atom. The molecule has 4 nitrogen and oxygen atoms in total. The molecule has 1 amide bonds. The average Bonchev–Trinajstić information content (AvgIpc) is 3.05. The summed E-state index contributed by atoms with van der Waals surface area (Å²) in [5.41, 5.74) is 0.871. The number of benzene rings is 2. The first kappa shape index (κ1) is 23.4. The van der Waals surface area contributed by atoms with Crippen LogP contribution in [0.1, 0.15) is 53.9 Å². The fraction of sp³-hybridized carbons (Fsp3) is 0.360. The van der Waals surface area contributed by atoms with E-state index in [2.05, 4.69) is 0 Å². The van der Waals surface area contributed by atoms with Crippen LogP contribution in [0.5, 0.6) is 0 Å². The van der Waals surface area contributed by atoms with Crippen LogP contribution in [-0.2, 0) is 21.2 Å². The highest BCUT2D eigenvalue weighted by Crippen LogP contribution is 2.54. The van der Waals surface area contributed by atoms with Crippen molar-refractivity contribution in [2.75, 3.05) is 13.1 Å². The molecule has 1 aliphatic heterocycles. The number of hydrogen-bond acceptors (Lipinski definition) is 2. The van der Waals surface area contributed by atoms with Crippen LogP contribution >= 0.6 is 11.6 Å². The maximum atomic E-state index is 13.2. The predicted octanol–water partition coefficient (Wildman–Crippen LogP) is 5.89. The Morgan fingerprint density at radius 3 is 2.48 bits per heavy atom. The molecule has 0 radical (unpaired) electrons. The zero-order valence-electron chi connectivity index (χ0n) is 17.7. The van der Waals surface area contributed by atoms with Crippen LogP contribution < -0.4 is 0 Å². The molecule has 0 saturated carbocycles. The molecule has 4 rings (SSSR count). The van der Waals surface area contributed by atoms with Crippen LogP contribution in [-0.4, -0.2) is 35.0 Å². The van der Waals surface area contributed by atoms with E-state index in [1.807, 2.05) is 12.1 Å². The molecule has 1 fully saturated rings. The van der Waals surface area contributed by atoms with Gasteiger partial charge in [0.25, 0.3) is 0 Å². The number of nitrogens with zero attached hydrogens (tertiary/aromatic N) is 1. The molecule has 2 aromatic rings. The number of hydrogen-bond donors (Lipinski definition) is 1. The number of halogens is 4. The van der Waals surface area contributed by atoms with E-state index in [-0.39, 0.29) is 29.2 Å². The normalized spacial score (nSPS) is 19.8. The molecule has 1 spiro atoms. The van der Waals surface area contributed by atoms with Gasteiger partial charge in [0.15, 0.2) is 0 Å². The van der Waals surface area contributed by atoms with Crippen molar-refractivity contribution in [3.05, 3.63) is 75.8 Å². The number of rotatable bonds is 4. The Hall–Kier alpha value is -2.80. The first-order chi connectivity index (χ1) is 15.6. The van der Waals surface area contributed by atoms with Crippen molar-refractivity contribution in [1.82, 2.24) is 4.90 Å². The maximum absolute atomic E-state index is 13.2. The highest BCUT2D eigenvalue weighted by atomic mass is 35.5. The van der Waals surface area contributed by atoms with Gasteiger partial charge in [-0.05, 0) is 65.5 Å². The van der Waals surface area contributed by atoms with Gasteiger partial charge in [-0.3, -0.25) is 9.59 Å². The standard InChI is InChI=1S/C25H23ClF3NO3/c26-20-7-3-6-19-23(20)17(14-22(32)33)15-24(19)10-12-30(13-11-24)21(31)9-8-16-4-1-2-5-18(16)25(27,28)29/h1-9,17H,10-15H2,(H,32,33)/b9-8+. The van der Waals surface area contributed by atoms with Crippen LogP contribution in [0.15, 0.2) is 48.5 Å². The van der Waals surface area contributed by atoms with E-state index in [1.165, 1.54) is 30.4 Å². The van der Waals surface area contributed by atoms with E-state index in [1.54, 1.807) is 11.0 Å². The minimum Gasteiger partial charge on any atom is -0.481 e. The molecule has 1 unspecified atom stereocenters. The van der Waals surface area contributed by atoms with Crippen molar-refractivity contribution in [3.8, 4) is 0 Å². The molecular weight excluding hydrogens is 455 g/mol. The highest BCUT2D eigenvalue weighted by molar-refractivity contribution is 6.31. The van der Waals surface area contributed by atoms with Crippen LogP contribution in [0.2, 0.25) is 5.02 Å². The molecular formula is C25H23ClF3NO3. The number of carboxylic acid groups (broad SMARTS) is 1. The molecule has 0 aromatic heterocycles. The minimum atomic E-state index is -4.49. The molecule has 1 N–H and O–H groups in total. The van der Waals surface area contributed by atoms with E-state index in [0.717, 1.165) is 17.2 Å². The summed E-state index contributed by atoms with van der Waals surface area (Å²) in [5, 5.41) is 9.91. The van der Waals surface area contributed by atoms with Crippen LogP contribution in [0, 0.1) is 0 Å². The second-order valence-corrected chi connectivity index (χ2v) is 9.13. The van der Waals surface area contributed by atoms with Gasteiger partial charge < -0.3 is 10.0 Å². The Balaban J connectivity index is 1.49. The third-order valence-electron chi connectivity index (χ3n) is 6.79. The van der Waals surface area contributed by atoms with E-state index < -0.39 is 17.7 Å². The van der Waals surface area contributed by atoms with Gasteiger partial charge >= 0.3 is 12.1 Å². The number of carboxylic acids is 1. The largest absolute Gasteiger partial charge is 0.481 e. The van der Waals surface area contributed by atoms with E-state index in [4.69, 9.17) is 11.6 Å². The quantitative estimate of drug-likeness (QED) is 0.558. The highest BCUT2D eigenvalue weighted by Gasteiger charge is 2.47. The zero-order chi connectivity index (χ0) is 23.8. The summed E-state index contributed by atoms with van der Waals surface area (Å²) in [7, 11) is 0. The van der Waals surface area contributed by atoms with E-state index >= 15 is 0 Å². The number of carbonyl (C=O) groups is 2. The number of fused-ring (bicyclic) bond motifs is 2. The van der Waals surface area contributed by atoms with Gasteiger partial charge in [-0.2, -0.15) is 13.2 Å². The molecule has 33 heavy (non-hydrogen) atoms.